The van der Waals surface area contributed by atoms with Gasteiger partial charge in [-0.05, 0) is 31.0 Å². The van der Waals surface area contributed by atoms with E-state index in [-0.39, 0.29) is 11.2 Å². The van der Waals surface area contributed by atoms with Gasteiger partial charge < -0.3 is 5.32 Å². The monoisotopic (exact) mass is 391 g/mol. The van der Waals surface area contributed by atoms with Gasteiger partial charge in [0.1, 0.15) is 5.82 Å². The van der Waals surface area contributed by atoms with Crippen molar-refractivity contribution in [1.29, 1.82) is 0 Å². The molecule has 0 aliphatic carbocycles. The van der Waals surface area contributed by atoms with Crippen LogP contribution in [-0.4, -0.2) is 31.5 Å². The number of aromatic amines is 1. The van der Waals surface area contributed by atoms with Crippen LogP contribution in [0.3, 0.4) is 0 Å². The van der Waals surface area contributed by atoms with Gasteiger partial charge in [0.25, 0.3) is 0 Å². The molecule has 0 spiro atoms. The smallest absolute Gasteiger partial charge is 0.239 e. The van der Waals surface area contributed by atoms with E-state index in [1.165, 1.54) is 22.9 Å². The minimum atomic E-state index is -0.251. The molecule has 1 fully saturated rings. The fourth-order valence-electron chi connectivity index (χ4n) is 2.94. The molecule has 6 nitrogen and oxygen atoms in total. The van der Waals surface area contributed by atoms with Gasteiger partial charge in [0.2, 0.25) is 5.91 Å². The topological polar surface area (TPSA) is 83.0 Å². The first-order valence-corrected chi connectivity index (χ1v) is 10.1. The SMILES string of the molecule is Cc1ccc(N=C2NC(=O)[C@@H](Cc3nc(CCc4ccccc4)n[nH]3)S2)cc1. The van der Waals surface area contributed by atoms with Crippen LogP contribution in [0.4, 0.5) is 5.69 Å². The third kappa shape index (κ3) is 4.67. The molecule has 1 aromatic heterocycles. The number of aryl methyl sites for hydroxylation is 3. The lowest BCUT2D eigenvalue weighted by molar-refractivity contribution is -0.118. The molecule has 0 unspecified atom stereocenters. The molecule has 1 aliphatic rings. The fraction of sp³-hybridized carbons (Fsp3) is 0.238. The highest BCUT2D eigenvalue weighted by Crippen LogP contribution is 2.25. The number of amides is 1. The molecule has 0 saturated carbocycles. The first-order valence-electron chi connectivity index (χ1n) is 9.23. The number of aromatic nitrogens is 3. The van der Waals surface area contributed by atoms with Crippen molar-refractivity contribution in [1.82, 2.24) is 20.5 Å². The predicted octanol–water partition coefficient (Wildman–Crippen LogP) is 3.36. The summed E-state index contributed by atoms with van der Waals surface area (Å²) in [6.45, 7) is 2.03. The Kier molecular flexibility index (Phi) is 5.53. The summed E-state index contributed by atoms with van der Waals surface area (Å²) in [4.78, 5) is 21.3. The second-order valence-corrected chi connectivity index (χ2v) is 7.93. The highest BCUT2D eigenvalue weighted by Gasteiger charge is 2.31. The summed E-state index contributed by atoms with van der Waals surface area (Å²) in [5.41, 5.74) is 3.27. The van der Waals surface area contributed by atoms with Gasteiger partial charge in [0, 0.05) is 12.8 Å². The van der Waals surface area contributed by atoms with Gasteiger partial charge in [0.15, 0.2) is 11.0 Å². The van der Waals surface area contributed by atoms with E-state index < -0.39 is 0 Å². The number of nitrogens with one attached hydrogen (secondary N) is 2. The summed E-state index contributed by atoms with van der Waals surface area (Å²) in [6.07, 6.45) is 2.16. The molecule has 28 heavy (non-hydrogen) atoms. The van der Waals surface area contributed by atoms with E-state index >= 15 is 0 Å². The molecule has 1 saturated heterocycles. The van der Waals surface area contributed by atoms with Crippen LogP contribution in [0.15, 0.2) is 59.6 Å². The number of carbonyl (C=O) groups excluding carboxylic acids is 1. The zero-order chi connectivity index (χ0) is 19.3. The van der Waals surface area contributed by atoms with E-state index in [1.807, 2.05) is 49.4 Å². The van der Waals surface area contributed by atoms with E-state index in [2.05, 4.69) is 37.6 Å². The average Bonchev–Trinajstić information content (AvgIpc) is 3.29. The lowest BCUT2D eigenvalue weighted by Gasteiger charge is -2.01. The Labute approximate surface area is 167 Å². The molecule has 1 amide bonds. The fourth-order valence-corrected chi connectivity index (χ4v) is 3.94. The van der Waals surface area contributed by atoms with Gasteiger partial charge in [-0.15, -0.1) is 0 Å². The van der Waals surface area contributed by atoms with Crippen molar-refractivity contribution in [3.05, 3.63) is 77.4 Å². The number of H-pyrrole nitrogens is 1. The lowest BCUT2D eigenvalue weighted by atomic mass is 10.1. The quantitative estimate of drug-likeness (QED) is 0.675. The number of amidine groups is 1. The van der Waals surface area contributed by atoms with Gasteiger partial charge in [-0.2, -0.15) is 5.10 Å². The molecule has 3 aromatic rings. The highest BCUT2D eigenvalue weighted by molar-refractivity contribution is 8.15. The van der Waals surface area contributed by atoms with E-state index in [0.717, 1.165) is 30.2 Å². The van der Waals surface area contributed by atoms with Crippen LogP contribution in [0.1, 0.15) is 22.8 Å². The number of carbonyl (C=O) groups is 1. The van der Waals surface area contributed by atoms with Crippen molar-refractivity contribution in [2.45, 2.75) is 31.4 Å². The maximum absolute atomic E-state index is 12.3. The van der Waals surface area contributed by atoms with Crippen molar-refractivity contribution < 1.29 is 4.79 Å². The number of hydrogen-bond donors (Lipinski definition) is 2. The standard InChI is InChI=1S/C21H21N5OS/c1-14-7-10-16(11-8-14)22-21-24-20(27)17(28-21)13-19-23-18(25-26-19)12-9-15-5-3-2-4-6-15/h2-8,10-11,17H,9,12-13H2,1H3,(H,22,24,27)(H,23,25,26)/t17-/m1/s1. The third-order valence-electron chi connectivity index (χ3n) is 4.48. The number of nitrogens with zero attached hydrogens (tertiary/aromatic N) is 3. The van der Waals surface area contributed by atoms with E-state index in [1.54, 1.807) is 0 Å². The number of thioether (sulfide) groups is 1. The summed E-state index contributed by atoms with van der Waals surface area (Å²) in [7, 11) is 0. The normalized spacial score (nSPS) is 17.8. The highest BCUT2D eigenvalue weighted by atomic mass is 32.2. The summed E-state index contributed by atoms with van der Waals surface area (Å²) in [6, 6.07) is 18.2. The minimum Gasteiger partial charge on any atom is -0.304 e. The Morgan fingerprint density at radius 2 is 1.86 bits per heavy atom. The molecule has 2 N–H and O–H groups in total. The molecule has 0 radical (unpaired) electrons. The molecule has 7 heteroatoms. The Bertz CT molecular complexity index is 982. The Hall–Kier alpha value is -2.93. The number of benzene rings is 2. The van der Waals surface area contributed by atoms with E-state index in [9.17, 15) is 4.79 Å². The largest absolute Gasteiger partial charge is 0.304 e. The van der Waals surface area contributed by atoms with Gasteiger partial charge in [-0.3, -0.25) is 9.89 Å². The Morgan fingerprint density at radius 1 is 1.07 bits per heavy atom. The van der Waals surface area contributed by atoms with E-state index in [4.69, 9.17) is 0 Å². The van der Waals surface area contributed by atoms with Crippen molar-refractivity contribution >= 4 is 28.5 Å². The van der Waals surface area contributed by atoms with Crippen LogP contribution < -0.4 is 5.32 Å². The zero-order valence-corrected chi connectivity index (χ0v) is 16.4. The molecule has 1 aliphatic heterocycles. The van der Waals surface area contributed by atoms with Crippen LogP contribution >= 0.6 is 11.8 Å². The number of hydrogen-bond acceptors (Lipinski definition) is 5. The number of aliphatic imine (C=N–C) groups is 1. The van der Waals surface area contributed by atoms with Crippen LogP contribution in [0, 0.1) is 6.92 Å². The number of rotatable bonds is 6. The molecular formula is C21H21N5OS. The second-order valence-electron chi connectivity index (χ2n) is 6.74. The second kappa shape index (κ2) is 8.39. The van der Waals surface area contributed by atoms with Crippen LogP contribution in [0.5, 0.6) is 0 Å². The first-order chi connectivity index (χ1) is 13.7. The summed E-state index contributed by atoms with van der Waals surface area (Å²) < 4.78 is 0. The predicted molar refractivity (Wildman–Crippen MR) is 112 cm³/mol. The maximum atomic E-state index is 12.3. The maximum Gasteiger partial charge on any atom is 0.239 e. The Morgan fingerprint density at radius 3 is 2.64 bits per heavy atom. The van der Waals surface area contributed by atoms with E-state index in [0.29, 0.717) is 11.6 Å². The molecule has 4 rings (SSSR count). The van der Waals surface area contributed by atoms with Crippen LogP contribution in [-0.2, 0) is 24.1 Å². The molecule has 142 valence electrons. The van der Waals surface area contributed by atoms with Gasteiger partial charge in [-0.1, -0.05) is 59.8 Å². The van der Waals surface area contributed by atoms with Crippen molar-refractivity contribution in [2.24, 2.45) is 4.99 Å². The van der Waals surface area contributed by atoms with Crippen molar-refractivity contribution in [3.8, 4) is 0 Å². The van der Waals surface area contributed by atoms with Crippen molar-refractivity contribution in [3.63, 3.8) is 0 Å². The summed E-state index contributed by atoms with van der Waals surface area (Å²) in [5, 5.41) is 10.5. The Balaban J connectivity index is 1.35. The van der Waals surface area contributed by atoms with Gasteiger partial charge in [0.05, 0.1) is 10.9 Å². The lowest BCUT2D eigenvalue weighted by Crippen LogP contribution is -2.26. The van der Waals surface area contributed by atoms with Gasteiger partial charge in [-0.25, -0.2) is 9.98 Å². The first kappa shape index (κ1) is 18.4. The van der Waals surface area contributed by atoms with Crippen LogP contribution in [0.25, 0.3) is 0 Å². The average molecular weight is 392 g/mol. The molecular weight excluding hydrogens is 370 g/mol. The van der Waals surface area contributed by atoms with Crippen molar-refractivity contribution in [2.75, 3.05) is 0 Å². The summed E-state index contributed by atoms with van der Waals surface area (Å²) >= 11 is 1.43. The summed E-state index contributed by atoms with van der Waals surface area (Å²) in [5.74, 6) is 1.46. The van der Waals surface area contributed by atoms with Gasteiger partial charge >= 0.3 is 0 Å². The molecule has 2 heterocycles. The molecule has 0 bridgehead atoms. The zero-order valence-electron chi connectivity index (χ0n) is 15.6. The van der Waals surface area contributed by atoms with Crippen LogP contribution in [0.2, 0.25) is 0 Å². The third-order valence-corrected chi connectivity index (χ3v) is 5.56. The molecule has 2 aromatic carbocycles. The molecule has 1 atom stereocenters. The minimum absolute atomic E-state index is 0.0434.